The van der Waals surface area contributed by atoms with Gasteiger partial charge in [-0.25, -0.2) is 0 Å². The lowest BCUT2D eigenvalue weighted by atomic mass is 9.96. The lowest BCUT2D eigenvalue weighted by Gasteiger charge is -2.26. The van der Waals surface area contributed by atoms with Crippen LogP contribution in [0.2, 0.25) is 0 Å². The SMILES string of the molecule is NCCC[C@H](N)CNC(=O)[C@@H](N)CCCNC(=O)[C@@H](CCCN)NC(=O)[C@@H]1Cc2cccc(c2)-c2ccc(O)c(c2)C[C@H](N)C(=O)N[C@@H](CCCN)C(=O)N1. The van der Waals surface area contributed by atoms with Crippen LogP contribution in [-0.2, 0) is 36.8 Å². The standard InChI is InChI=1S/C38H61N11O6/c39-14-2-8-27(42)22-46-34(51)28(43)9-5-17-45-36(53)30(10-3-15-40)48-38(55)32-19-23-6-1-7-24(18-23)25-12-13-33(50)26(20-25)21-29(44)35(52)47-31(11-4-16-41)37(54)49-32/h1,6-7,12-13,18,20,27-32,50H,2-5,8-11,14-17,19,21-22,39-44H2,(H,45,53)(H,46,51)(H,47,52)(H,48,55)(H,49,54)/t27-,28-,29-,30+,31-,32-/m0/s1. The van der Waals surface area contributed by atoms with Crippen LogP contribution in [0, 0.1) is 0 Å². The van der Waals surface area contributed by atoms with E-state index in [1.807, 2.05) is 24.3 Å². The molecule has 4 bridgehead atoms. The molecule has 17 nitrogen and oxygen atoms in total. The molecule has 1 aliphatic heterocycles. The Morgan fingerprint density at radius 2 is 1.51 bits per heavy atom. The number of hydrogen-bond donors (Lipinski definition) is 12. The number of phenolic OH excluding ortho intramolecular Hbond substituents is 1. The van der Waals surface area contributed by atoms with E-state index in [1.54, 1.807) is 12.1 Å². The number of nitrogens with two attached hydrogens (primary N) is 6. The van der Waals surface area contributed by atoms with Crippen molar-refractivity contribution >= 4 is 29.5 Å². The van der Waals surface area contributed by atoms with E-state index >= 15 is 0 Å². The molecule has 6 atom stereocenters. The average molecular weight is 768 g/mol. The topological polar surface area (TPSA) is 322 Å². The average Bonchev–Trinajstić information content (AvgIpc) is 3.17. The van der Waals surface area contributed by atoms with Gasteiger partial charge in [-0.1, -0.05) is 30.3 Å². The quantitative estimate of drug-likeness (QED) is 0.0680. The summed E-state index contributed by atoms with van der Waals surface area (Å²) in [5.41, 5.74) is 38.0. The van der Waals surface area contributed by atoms with E-state index in [0.717, 1.165) is 17.5 Å². The first kappa shape index (κ1) is 44.7. The first-order chi connectivity index (χ1) is 26.4. The minimum atomic E-state index is -1.15. The minimum Gasteiger partial charge on any atom is -0.508 e. The van der Waals surface area contributed by atoms with Gasteiger partial charge in [0.15, 0.2) is 0 Å². The van der Waals surface area contributed by atoms with E-state index in [9.17, 15) is 29.1 Å². The number of fused-ring (bicyclic) bond motifs is 5. The van der Waals surface area contributed by atoms with Crippen LogP contribution in [-0.4, -0.2) is 104 Å². The minimum absolute atomic E-state index is 0.0149. The monoisotopic (exact) mass is 767 g/mol. The molecule has 0 saturated carbocycles. The van der Waals surface area contributed by atoms with Crippen LogP contribution in [0.4, 0.5) is 0 Å². The molecule has 0 spiro atoms. The Bertz CT molecular complexity index is 1580. The molecule has 55 heavy (non-hydrogen) atoms. The number of amides is 5. The van der Waals surface area contributed by atoms with Gasteiger partial charge < -0.3 is 66.1 Å². The van der Waals surface area contributed by atoms with Gasteiger partial charge in [0, 0.05) is 32.0 Å². The van der Waals surface area contributed by atoms with Gasteiger partial charge in [0.25, 0.3) is 0 Å². The zero-order chi connectivity index (χ0) is 40.3. The zero-order valence-corrected chi connectivity index (χ0v) is 31.6. The predicted octanol–water partition coefficient (Wildman–Crippen LogP) is -2.18. The molecule has 0 saturated heterocycles. The fourth-order valence-corrected chi connectivity index (χ4v) is 6.22. The molecular formula is C38H61N11O6. The second-order valence-corrected chi connectivity index (χ2v) is 14.1. The second-order valence-electron chi connectivity index (χ2n) is 14.1. The highest BCUT2D eigenvalue weighted by molar-refractivity contribution is 5.95. The third kappa shape index (κ3) is 14.8. The first-order valence-electron chi connectivity index (χ1n) is 19.1. The maximum absolute atomic E-state index is 14.0. The number of phenols is 1. The third-order valence-corrected chi connectivity index (χ3v) is 9.49. The molecule has 2 aromatic rings. The Hall–Kier alpha value is -4.65. The Labute approximate surface area is 322 Å². The number of nitrogens with one attached hydrogen (secondary N) is 5. The summed E-state index contributed by atoms with van der Waals surface area (Å²) >= 11 is 0. The van der Waals surface area contributed by atoms with Crippen LogP contribution in [0.25, 0.3) is 11.1 Å². The van der Waals surface area contributed by atoms with Crippen LogP contribution in [0.15, 0.2) is 42.5 Å². The maximum Gasteiger partial charge on any atom is 0.243 e. The smallest absolute Gasteiger partial charge is 0.243 e. The number of hydrogen-bond acceptors (Lipinski definition) is 12. The molecule has 0 fully saturated rings. The largest absolute Gasteiger partial charge is 0.508 e. The molecule has 17 heteroatoms. The molecule has 0 aromatic heterocycles. The molecule has 0 radical (unpaired) electrons. The summed E-state index contributed by atoms with van der Waals surface area (Å²) in [6.07, 6.45) is 3.44. The summed E-state index contributed by atoms with van der Waals surface area (Å²) in [5, 5.41) is 24.4. The van der Waals surface area contributed by atoms with E-state index in [0.29, 0.717) is 49.8 Å². The molecule has 304 valence electrons. The van der Waals surface area contributed by atoms with Crippen molar-refractivity contribution in [1.29, 1.82) is 0 Å². The molecule has 18 N–H and O–H groups in total. The van der Waals surface area contributed by atoms with Gasteiger partial charge in [0.2, 0.25) is 29.5 Å². The lowest BCUT2D eigenvalue weighted by molar-refractivity contribution is -0.134. The predicted molar refractivity (Wildman–Crippen MR) is 211 cm³/mol. The summed E-state index contributed by atoms with van der Waals surface area (Å²) < 4.78 is 0. The number of rotatable bonds is 19. The van der Waals surface area contributed by atoms with Gasteiger partial charge in [-0.3, -0.25) is 24.0 Å². The van der Waals surface area contributed by atoms with Crippen LogP contribution in [0.3, 0.4) is 0 Å². The highest BCUT2D eigenvalue weighted by atomic mass is 16.3. The van der Waals surface area contributed by atoms with E-state index in [-0.39, 0.29) is 69.6 Å². The van der Waals surface area contributed by atoms with Gasteiger partial charge in [-0.15, -0.1) is 0 Å². The van der Waals surface area contributed by atoms with Gasteiger partial charge in [0.05, 0.1) is 12.1 Å². The highest BCUT2D eigenvalue weighted by Gasteiger charge is 2.31. The van der Waals surface area contributed by atoms with Crippen molar-refractivity contribution in [2.45, 2.75) is 100 Å². The Kier molecular flexibility index (Phi) is 19.0. The highest BCUT2D eigenvalue weighted by Crippen LogP contribution is 2.28. The van der Waals surface area contributed by atoms with Crippen LogP contribution in [0.5, 0.6) is 5.75 Å². The zero-order valence-electron chi connectivity index (χ0n) is 31.6. The number of aromatic hydroxyl groups is 1. The molecule has 0 unspecified atom stereocenters. The molecule has 3 rings (SSSR count). The van der Waals surface area contributed by atoms with Crippen molar-refractivity contribution in [1.82, 2.24) is 26.6 Å². The van der Waals surface area contributed by atoms with Gasteiger partial charge in [0.1, 0.15) is 23.9 Å². The Morgan fingerprint density at radius 3 is 2.24 bits per heavy atom. The number of benzene rings is 2. The number of carbonyl (C=O) groups is 5. The Morgan fingerprint density at radius 1 is 0.800 bits per heavy atom. The van der Waals surface area contributed by atoms with Crippen molar-refractivity contribution in [2.24, 2.45) is 34.4 Å². The van der Waals surface area contributed by atoms with Crippen LogP contribution < -0.4 is 61.0 Å². The van der Waals surface area contributed by atoms with E-state index < -0.39 is 53.8 Å². The van der Waals surface area contributed by atoms with E-state index in [4.69, 9.17) is 34.4 Å². The van der Waals surface area contributed by atoms with Crippen molar-refractivity contribution in [3.63, 3.8) is 0 Å². The van der Waals surface area contributed by atoms with E-state index in [2.05, 4.69) is 26.6 Å². The van der Waals surface area contributed by atoms with Crippen molar-refractivity contribution in [3.8, 4) is 16.9 Å². The summed E-state index contributed by atoms with van der Waals surface area (Å²) in [7, 11) is 0. The second kappa shape index (κ2) is 23.3. The fraction of sp³-hybridized carbons (Fsp3) is 0.553. The number of carbonyl (C=O) groups excluding carboxylic acids is 5. The van der Waals surface area contributed by atoms with Gasteiger partial charge in [-0.05, 0) is 105 Å². The van der Waals surface area contributed by atoms with Gasteiger partial charge in [-0.2, -0.15) is 0 Å². The third-order valence-electron chi connectivity index (χ3n) is 9.49. The van der Waals surface area contributed by atoms with Crippen molar-refractivity contribution in [2.75, 3.05) is 32.7 Å². The molecule has 5 amide bonds. The molecule has 2 aromatic carbocycles. The first-order valence-corrected chi connectivity index (χ1v) is 19.1. The van der Waals surface area contributed by atoms with Crippen LogP contribution in [0.1, 0.15) is 62.5 Å². The summed E-state index contributed by atoms with van der Waals surface area (Å²) in [6, 6.07) is 7.11. The summed E-state index contributed by atoms with van der Waals surface area (Å²) in [5.74, 6) is -2.66. The van der Waals surface area contributed by atoms with Crippen molar-refractivity contribution in [3.05, 3.63) is 53.6 Å². The summed E-state index contributed by atoms with van der Waals surface area (Å²) in [4.78, 5) is 66.8. The fourth-order valence-electron chi connectivity index (χ4n) is 6.22. The molecule has 1 aliphatic rings. The van der Waals surface area contributed by atoms with Crippen molar-refractivity contribution < 1.29 is 29.1 Å². The molecule has 0 aliphatic carbocycles. The van der Waals surface area contributed by atoms with E-state index in [1.165, 1.54) is 6.07 Å². The molecular weight excluding hydrogens is 706 g/mol. The normalized spacial score (nSPS) is 19.1. The Balaban J connectivity index is 1.78. The van der Waals surface area contributed by atoms with Gasteiger partial charge >= 0.3 is 0 Å². The molecule has 1 heterocycles. The van der Waals surface area contributed by atoms with Crippen LogP contribution >= 0.6 is 0 Å². The maximum atomic E-state index is 14.0. The summed E-state index contributed by atoms with van der Waals surface area (Å²) in [6.45, 7) is 1.53. The lowest BCUT2D eigenvalue weighted by Crippen LogP contribution is -2.58.